The molecule has 1 aromatic heterocycles. The summed E-state index contributed by atoms with van der Waals surface area (Å²) in [5.74, 6) is -0.251. The molecule has 2 heterocycles. The molecule has 1 N–H and O–H groups in total. The predicted octanol–water partition coefficient (Wildman–Crippen LogP) is 2.01. The SMILES string of the molecule is O=C(O)C(=CC1CCCO1)Cc1ccco1. The number of ether oxygens (including phenoxy) is 1. The van der Waals surface area contributed by atoms with E-state index in [-0.39, 0.29) is 6.10 Å². The first kappa shape index (κ1) is 11.0. The smallest absolute Gasteiger partial charge is 0.331 e. The minimum Gasteiger partial charge on any atom is -0.478 e. The Morgan fingerprint density at radius 2 is 2.50 bits per heavy atom. The van der Waals surface area contributed by atoms with Crippen LogP contribution in [0.25, 0.3) is 0 Å². The molecule has 4 nitrogen and oxygen atoms in total. The van der Waals surface area contributed by atoms with E-state index in [1.54, 1.807) is 24.5 Å². The molecule has 0 radical (unpaired) electrons. The topological polar surface area (TPSA) is 59.7 Å². The first-order valence-electron chi connectivity index (χ1n) is 5.33. The van der Waals surface area contributed by atoms with E-state index in [1.165, 1.54) is 0 Å². The molecular formula is C12H14O4. The molecule has 1 aliphatic rings. The molecule has 2 rings (SSSR count). The van der Waals surface area contributed by atoms with Crippen LogP contribution in [0.1, 0.15) is 18.6 Å². The number of carboxylic acids is 1. The van der Waals surface area contributed by atoms with Crippen molar-refractivity contribution in [2.45, 2.75) is 25.4 Å². The van der Waals surface area contributed by atoms with Crippen molar-refractivity contribution in [2.75, 3.05) is 6.61 Å². The minimum absolute atomic E-state index is 0.0546. The zero-order valence-corrected chi connectivity index (χ0v) is 8.89. The zero-order valence-electron chi connectivity index (χ0n) is 8.89. The average Bonchev–Trinajstić information content (AvgIpc) is 2.88. The quantitative estimate of drug-likeness (QED) is 0.792. The third-order valence-corrected chi connectivity index (χ3v) is 2.57. The summed E-state index contributed by atoms with van der Waals surface area (Å²) in [6.45, 7) is 0.717. The van der Waals surface area contributed by atoms with Gasteiger partial charge in [-0.1, -0.05) is 0 Å². The summed E-state index contributed by atoms with van der Waals surface area (Å²) >= 11 is 0. The van der Waals surface area contributed by atoms with Crippen molar-refractivity contribution in [3.8, 4) is 0 Å². The van der Waals surface area contributed by atoms with Gasteiger partial charge in [-0.05, 0) is 31.1 Å². The molecule has 0 saturated carbocycles. The monoisotopic (exact) mass is 222 g/mol. The van der Waals surface area contributed by atoms with E-state index in [2.05, 4.69) is 0 Å². The molecular weight excluding hydrogens is 208 g/mol. The highest BCUT2D eigenvalue weighted by atomic mass is 16.5. The molecule has 16 heavy (non-hydrogen) atoms. The van der Waals surface area contributed by atoms with E-state index in [4.69, 9.17) is 14.3 Å². The molecule has 1 saturated heterocycles. The first-order chi connectivity index (χ1) is 7.75. The molecule has 1 fully saturated rings. The van der Waals surface area contributed by atoms with Crippen molar-refractivity contribution < 1.29 is 19.1 Å². The summed E-state index contributed by atoms with van der Waals surface area (Å²) in [4.78, 5) is 11.0. The zero-order chi connectivity index (χ0) is 11.4. The first-order valence-corrected chi connectivity index (χ1v) is 5.33. The van der Waals surface area contributed by atoms with Crippen LogP contribution in [-0.2, 0) is 16.0 Å². The molecule has 0 amide bonds. The van der Waals surface area contributed by atoms with E-state index in [0.717, 1.165) is 19.4 Å². The predicted molar refractivity (Wildman–Crippen MR) is 57.1 cm³/mol. The molecule has 1 aromatic rings. The fraction of sp³-hybridized carbons (Fsp3) is 0.417. The van der Waals surface area contributed by atoms with Gasteiger partial charge in [0.1, 0.15) is 5.76 Å². The Morgan fingerprint density at radius 3 is 3.06 bits per heavy atom. The lowest BCUT2D eigenvalue weighted by Gasteiger charge is -2.05. The van der Waals surface area contributed by atoms with Crippen molar-refractivity contribution in [3.05, 3.63) is 35.8 Å². The number of furan rings is 1. The highest BCUT2D eigenvalue weighted by Crippen LogP contribution is 2.17. The van der Waals surface area contributed by atoms with E-state index in [0.29, 0.717) is 17.8 Å². The van der Waals surface area contributed by atoms with Gasteiger partial charge in [0.15, 0.2) is 0 Å². The van der Waals surface area contributed by atoms with Crippen LogP contribution in [0.2, 0.25) is 0 Å². The Labute approximate surface area is 93.5 Å². The molecule has 86 valence electrons. The number of hydrogen-bond acceptors (Lipinski definition) is 3. The number of aliphatic carboxylic acids is 1. The fourth-order valence-electron chi connectivity index (χ4n) is 1.77. The van der Waals surface area contributed by atoms with E-state index in [1.807, 2.05) is 0 Å². The third-order valence-electron chi connectivity index (χ3n) is 2.57. The van der Waals surface area contributed by atoms with Gasteiger partial charge in [-0.25, -0.2) is 4.79 Å². The number of rotatable bonds is 4. The maximum atomic E-state index is 11.0. The number of carbonyl (C=O) groups is 1. The molecule has 0 bridgehead atoms. The summed E-state index contributed by atoms with van der Waals surface area (Å²) in [5.41, 5.74) is 0.335. The van der Waals surface area contributed by atoms with Gasteiger partial charge in [-0.2, -0.15) is 0 Å². The van der Waals surface area contributed by atoms with Crippen molar-refractivity contribution in [3.63, 3.8) is 0 Å². The Bertz CT molecular complexity index is 372. The van der Waals surface area contributed by atoms with Gasteiger partial charge in [0, 0.05) is 18.6 Å². The number of hydrogen-bond donors (Lipinski definition) is 1. The Kier molecular flexibility index (Phi) is 3.41. The van der Waals surface area contributed by atoms with Crippen molar-refractivity contribution >= 4 is 5.97 Å². The summed E-state index contributed by atoms with van der Waals surface area (Å²) < 4.78 is 10.5. The lowest BCUT2D eigenvalue weighted by molar-refractivity contribution is -0.132. The summed E-state index contributed by atoms with van der Waals surface area (Å²) in [6.07, 6.45) is 5.38. The Hall–Kier alpha value is -1.55. The fourth-order valence-corrected chi connectivity index (χ4v) is 1.77. The standard InChI is InChI=1S/C12H14O4/c13-12(14)9(7-10-3-1-5-15-10)8-11-4-2-6-16-11/h1,3,5,8,11H,2,4,6-7H2,(H,13,14). The summed E-state index contributed by atoms with van der Waals surface area (Å²) in [7, 11) is 0. The van der Waals surface area contributed by atoms with E-state index < -0.39 is 5.97 Å². The molecule has 4 heteroatoms. The van der Waals surface area contributed by atoms with E-state index >= 15 is 0 Å². The van der Waals surface area contributed by atoms with Crippen LogP contribution in [-0.4, -0.2) is 23.8 Å². The molecule has 1 unspecified atom stereocenters. The summed E-state index contributed by atoms with van der Waals surface area (Å²) in [6, 6.07) is 3.52. The van der Waals surface area contributed by atoms with Crippen molar-refractivity contribution in [2.24, 2.45) is 0 Å². The second-order valence-corrected chi connectivity index (χ2v) is 3.80. The Balaban J connectivity index is 2.07. The molecule has 0 aliphatic carbocycles. The van der Waals surface area contributed by atoms with Gasteiger partial charge >= 0.3 is 5.97 Å². The highest BCUT2D eigenvalue weighted by molar-refractivity contribution is 5.87. The van der Waals surface area contributed by atoms with Gasteiger partial charge in [-0.3, -0.25) is 0 Å². The maximum absolute atomic E-state index is 11.0. The lowest BCUT2D eigenvalue weighted by Crippen LogP contribution is -2.09. The second-order valence-electron chi connectivity index (χ2n) is 3.80. The lowest BCUT2D eigenvalue weighted by atomic mass is 10.1. The van der Waals surface area contributed by atoms with Gasteiger partial charge < -0.3 is 14.3 Å². The van der Waals surface area contributed by atoms with Gasteiger partial charge in [-0.15, -0.1) is 0 Å². The molecule has 0 aromatic carbocycles. The van der Waals surface area contributed by atoms with Crippen LogP contribution in [0.5, 0.6) is 0 Å². The second kappa shape index (κ2) is 4.99. The Morgan fingerprint density at radius 1 is 1.62 bits per heavy atom. The normalized spacial score (nSPS) is 21.2. The van der Waals surface area contributed by atoms with Crippen LogP contribution in [0.3, 0.4) is 0 Å². The molecule has 1 aliphatic heterocycles. The van der Waals surface area contributed by atoms with Crippen LogP contribution >= 0.6 is 0 Å². The minimum atomic E-state index is -0.910. The van der Waals surface area contributed by atoms with Crippen LogP contribution in [0.4, 0.5) is 0 Å². The van der Waals surface area contributed by atoms with E-state index in [9.17, 15) is 4.79 Å². The van der Waals surface area contributed by atoms with Gasteiger partial charge in [0.2, 0.25) is 0 Å². The van der Waals surface area contributed by atoms with Crippen LogP contribution < -0.4 is 0 Å². The molecule has 0 spiro atoms. The third kappa shape index (κ3) is 2.73. The van der Waals surface area contributed by atoms with Gasteiger partial charge in [0.05, 0.1) is 12.4 Å². The van der Waals surface area contributed by atoms with Crippen LogP contribution in [0.15, 0.2) is 34.5 Å². The largest absolute Gasteiger partial charge is 0.478 e. The van der Waals surface area contributed by atoms with Crippen molar-refractivity contribution in [1.29, 1.82) is 0 Å². The molecule has 1 atom stereocenters. The number of carboxylic acid groups (broad SMARTS) is 1. The van der Waals surface area contributed by atoms with Crippen LogP contribution in [0, 0.1) is 0 Å². The summed E-state index contributed by atoms with van der Waals surface area (Å²) in [5, 5.41) is 9.07. The average molecular weight is 222 g/mol. The van der Waals surface area contributed by atoms with Crippen molar-refractivity contribution in [1.82, 2.24) is 0 Å². The maximum Gasteiger partial charge on any atom is 0.331 e. The van der Waals surface area contributed by atoms with Gasteiger partial charge in [0.25, 0.3) is 0 Å². The highest BCUT2D eigenvalue weighted by Gasteiger charge is 2.17.